The molecule has 3 N–H and O–H groups in total. The molecule has 17 heavy (non-hydrogen) atoms. The standard InChI is InChI=1S/C10H14N6O/c1-10(2,9(11)17)15-7-6-4-14-16(3)8(6)13-5-12-7/h4-5H,1-3H3,(H2,11,17)(H,12,13,15). The Bertz CT molecular complexity index is 573. The fraction of sp³-hybridized carbons (Fsp3) is 0.400. The lowest BCUT2D eigenvalue weighted by Crippen LogP contribution is -2.45. The van der Waals surface area contributed by atoms with Crippen molar-refractivity contribution in [1.29, 1.82) is 0 Å². The van der Waals surface area contributed by atoms with Gasteiger partial charge in [0, 0.05) is 7.05 Å². The fourth-order valence-corrected chi connectivity index (χ4v) is 1.42. The number of nitrogens with one attached hydrogen (secondary N) is 1. The average molecular weight is 234 g/mol. The van der Waals surface area contributed by atoms with Gasteiger partial charge in [0.2, 0.25) is 5.91 Å². The molecule has 2 aromatic heterocycles. The highest BCUT2D eigenvalue weighted by molar-refractivity contribution is 5.91. The van der Waals surface area contributed by atoms with Gasteiger partial charge in [0.1, 0.15) is 17.7 Å². The first-order valence-electron chi connectivity index (χ1n) is 5.12. The third kappa shape index (κ3) is 1.91. The predicted molar refractivity (Wildman–Crippen MR) is 63.2 cm³/mol. The van der Waals surface area contributed by atoms with E-state index in [0.717, 1.165) is 5.39 Å². The van der Waals surface area contributed by atoms with E-state index in [1.165, 1.54) is 6.33 Å². The quantitative estimate of drug-likeness (QED) is 0.781. The Labute approximate surface area is 98.0 Å². The van der Waals surface area contributed by atoms with Gasteiger partial charge in [0.05, 0.1) is 11.6 Å². The van der Waals surface area contributed by atoms with Crippen LogP contribution in [0.2, 0.25) is 0 Å². The third-order valence-corrected chi connectivity index (χ3v) is 2.58. The molecule has 1 amide bonds. The molecule has 0 unspecified atom stereocenters. The van der Waals surface area contributed by atoms with Crippen molar-refractivity contribution in [3.63, 3.8) is 0 Å². The van der Waals surface area contributed by atoms with Gasteiger partial charge in [-0.25, -0.2) is 9.97 Å². The first kappa shape index (κ1) is 11.3. The molecule has 0 saturated carbocycles. The number of primary amides is 1. The molecule has 0 aliphatic rings. The Morgan fingerprint density at radius 3 is 2.82 bits per heavy atom. The summed E-state index contributed by atoms with van der Waals surface area (Å²) in [7, 11) is 1.79. The topological polar surface area (TPSA) is 98.7 Å². The van der Waals surface area contributed by atoms with E-state index < -0.39 is 11.4 Å². The van der Waals surface area contributed by atoms with Gasteiger partial charge in [-0.05, 0) is 13.8 Å². The van der Waals surface area contributed by atoms with E-state index in [0.29, 0.717) is 11.5 Å². The minimum atomic E-state index is -0.878. The van der Waals surface area contributed by atoms with E-state index in [-0.39, 0.29) is 0 Å². The van der Waals surface area contributed by atoms with Crippen LogP contribution >= 0.6 is 0 Å². The van der Waals surface area contributed by atoms with E-state index in [2.05, 4.69) is 20.4 Å². The van der Waals surface area contributed by atoms with Crippen LogP contribution in [-0.4, -0.2) is 31.2 Å². The van der Waals surface area contributed by atoms with Crippen molar-refractivity contribution >= 4 is 22.8 Å². The van der Waals surface area contributed by atoms with E-state index in [1.807, 2.05) is 0 Å². The number of hydrogen-bond donors (Lipinski definition) is 2. The SMILES string of the molecule is Cn1ncc2c(NC(C)(C)C(N)=O)ncnc21. The summed E-state index contributed by atoms with van der Waals surface area (Å²) < 4.78 is 1.64. The summed E-state index contributed by atoms with van der Waals surface area (Å²) in [6, 6.07) is 0. The number of nitrogens with two attached hydrogens (primary N) is 1. The molecule has 0 aromatic carbocycles. The molecule has 0 spiro atoms. The maximum Gasteiger partial charge on any atom is 0.242 e. The van der Waals surface area contributed by atoms with Gasteiger partial charge in [-0.1, -0.05) is 0 Å². The van der Waals surface area contributed by atoms with E-state index in [1.54, 1.807) is 31.8 Å². The van der Waals surface area contributed by atoms with Crippen LogP contribution in [0.3, 0.4) is 0 Å². The van der Waals surface area contributed by atoms with Gasteiger partial charge in [0.25, 0.3) is 0 Å². The summed E-state index contributed by atoms with van der Waals surface area (Å²) in [4.78, 5) is 19.5. The lowest BCUT2D eigenvalue weighted by molar-refractivity contribution is -0.121. The van der Waals surface area contributed by atoms with Crippen molar-refractivity contribution in [3.8, 4) is 0 Å². The zero-order valence-electron chi connectivity index (χ0n) is 9.93. The molecule has 0 aliphatic carbocycles. The molecule has 0 aliphatic heterocycles. The number of fused-ring (bicyclic) bond motifs is 1. The largest absolute Gasteiger partial charge is 0.368 e. The normalized spacial score (nSPS) is 11.7. The Balaban J connectivity index is 2.46. The summed E-state index contributed by atoms with van der Waals surface area (Å²) in [6.07, 6.45) is 3.07. The average Bonchev–Trinajstić information content (AvgIpc) is 2.61. The summed E-state index contributed by atoms with van der Waals surface area (Å²) in [6.45, 7) is 3.39. The van der Waals surface area contributed by atoms with Gasteiger partial charge in [-0.2, -0.15) is 5.10 Å². The van der Waals surface area contributed by atoms with Crippen LogP contribution in [0.5, 0.6) is 0 Å². The maximum atomic E-state index is 11.3. The van der Waals surface area contributed by atoms with Crippen LogP contribution in [0.15, 0.2) is 12.5 Å². The smallest absolute Gasteiger partial charge is 0.242 e. The molecule has 0 saturated heterocycles. The van der Waals surface area contributed by atoms with Gasteiger partial charge in [-0.15, -0.1) is 0 Å². The van der Waals surface area contributed by atoms with Crippen LogP contribution in [0.4, 0.5) is 5.82 Å². The highest BCUT2D eigenvalue weighted by Gasteiger charge is 2.26. The van der Waals surface area contributed by atoms with Crippen molar-refractivity contribution in [2.45, 2.75) is 19.4 Å². The molecule has 0 radical (unpaired) electrons. The predicted octanol–water partition coefficient (Wildman–Crippen LogP) is 0.0391. The number of rotatable bonds is 3. The van der Waals surface area contributed by atoms with Crippen molar-refractivity contribution in [3.05, 3.63) is 12.5 Å². The minimum Gasteiger partial charge on any atom is -0.368 e. The Hall–Kier alpha value is -2.18. The monoisotopic (exact) mass is 234 g/mol. The summed E-state index contributed by atoms with van der Waals surface area (Å²) in [5, 5.41) is 7.84. The lowest BCUT2D eigenvalue weighted by atomic mass is 10.1. The van der Waals surface area contributed by atoms with Crippen molar-refractivity contribution < 1.29 is 4.79 Å². The first-order chi connectivity index (χ1) is 7.92. The number of aryl methyl sites for hydroxylation is 1. The number of nitrogens with zero attached hydrogens (tertiary/aromatic N) is 4. The number of carbonyl (C=O) groups is 1. The number of hydrogen-bond acceptors (Lipinski definition) is 5. The molecule has 90 valence electrons. The molecular weight excluding hydrogens is 220 g/mol. The van der Waals surface area contributed by atoms with Gasteiger partial charge in [-0.3, -0.25) is 9.48 Å². The number of aromatic nitrogens is 4. The zero-order valence-corrected chi connectivity index (χ0v) is 9.93. The molecule has 7 heteroatoms. The van der Waals surface area contributed by atoms with E-state index in [9.17, 15) is 4.79 Å². The molecule has 0 fully saturated rings. The summed E-state index contributed by atoms with van der Waals surface area (Å²) in [5.74, 6) is 0.0973. The molecule has 0 atom stereocenters. The molecule has 2 aromatic rings. The maximum absolute atomic E-state index is 11.3. The Morgan fingerprint density at radius 2 is 2.18 bits per heavy atom. The zero-order chi connectivity index (χ0) is 12.6. The summed E-state index contributed by atoms with van der Waals surface area (Å²) in [5.41, 5.74) is 5.12. The van der Waals surface area contributed by atoms with Gasteiger partial charge in [0.15, 0.2) is 5.65 Å². The van der Waals surface area contributed by atoms with Gasteiger partial charge >= 0.3 is 0 Å². The Morgan fingerprint density at radius 1 is 1.47 bits per heavy atom. The van der Waals surface area contributed by atoms with E-state index in [4.69, 9.17) is 5.73 Å². The van der Waals surface area contributed by atoms with Crippen LogP contribution in [0.1, 0.15) is 13.8 Å². The second-order valence-corrected chi connectivity index (χ2v) is 4.34. The van der Waals surface area contributed by atoms with Crippen LogP contribution < -0.4 is 11.1 Å². The summed E-state index contributed by atoms with van der Waals surface area (Å²) >= 11 is 0. The van der Waals surface area contributed by atoms with Crippen LogP contribution in [0.25, 0.3) is 11.0 Å². The molecule has 0 bridgehead atoms. The second kappa shape index (κ2) is 3.69. The van der Waals surface area contributed by atoms with E-state index >= 15 is 0 Å². The lowest BCUT2D eigenvalue weighted by Gasteiger charge is -2.22. The van der Waals surface area contributed by atoms with Gasteiger partial charge < -0.3 is 11.1 Å². The number of carbonyl (C=O) groups excluding carboxylic acids is 1. The van der Waals surface area contributed by atoms with Crippen molar-refractivity contribution in [2.75, 3.05) is 5.32 Å². The Kier molecular flexibility index (Phi) is 2.45. The van der Waals surface area contributed by atoms with Crippen molar-refractivity contribution in [2.24, 2.45) is 12.8 Å². The second-order valence-electron chi connectivity index (χ2n) is 4.34. The minimum absolute atomic E-state index is 0.451. The first-order valence-corrected chi connectivity index (χ1v) is 5.12. The third-order valence-electron chi connectivity index (χ3n) is 2.58. The molecule has 7 nitrogen and oxygen atoms in total. The molecule has 2 heterocycles. The highest BCUT2D eigenvalue weighted by Crippen LogP contribution is 2.21. The molecule has 2 rings (SSSR count). The van der Waals surface area contributed by atoms with Crippen molar-refractivity contribution in [1.82, 2.24) is 19.7 Å². The van der Waals surface area contributed by atoms with Crippen LogP contribution in [-0.2, 0) is 11.8 Å². The fourth-order valence-electron chi connectivity index (χ4n) is 1.42. The number of amides is 1. The highest BCUT2D eigenvalue weighted by atomic mass is 16.1. The molecular formula is C10H14N6O. The van der Waals surface area contributed by atoms with Crippen LogP contribution in [0, 0.1) is 0 Å². The number of anilines is 1.